The molecule has 0 unspecified atom stereocenters. The molecule has 180 valence electrons. The topological polar surface area (TPSA) is 68.9 Å². The van der Waals surface area contributed by atoms with E-state index in [0.717, 1.165) is 53.7 Å². The highest BCUT2D eigenvalue weighted by atomic mass is 32.2. The van der Waals surface area contributed by atoms with Gasteiger partial charge in [-0.25, -0.2) is 0 Å². The molecule has 1 aromatic heterocycles. The molecular weight excluding hydrogens is 458 g/mol. The summed E-state index contributed by atoms with van der Waals surface area (Å²) in [5, 5.41) is 9.23. The number of nitrogens with zero attached hydrogens (tertiary/aromatic N) is 2. The molecular formula is C28H35N3OS2. The van der Waals surface area contributed by atoms with Crippen LogP contribution < -0.4 is 5.73 Å². The number of aldehydes is 1. The average molecular weight is 494 g/mol. The third-order valence-corrected chi connectivity index (χ3v) is 8.34. The summed E-state index contributed by atoms with van der Waals surface area (Å²) < 4.78 is 1.05. The summed E-state index contributed by atoms with van der Waals surface area (Å²) in [5.41, 5.74) is 10.9. The van der Waals surface area contributed by atoms with Crippen LogP contribution in [0.25, 0.3) is 11.1 Å². The van der Waals surface area contributed by atoms with Crippen LogP contribution in [0.1, 0.15) is 62.1 Å². The zero-order valence-electron chi connectivity index (χ0n) is 20.4. The number of allylic oxidation sites excluding steroid dienone is 1. The summed E-state index contributed by atoms with van der Waals surface area (Å²) in [6.45, 7) is 6.88. The van der Waals surface area contributed by atoms with Crippen LogP contribution >= 0.6 is 23.1 Å². The molecule has 34 heavy (non-hydrogen) atoms. The van der Waals surface area contributed by atoms with Gasteiger partial charge in [-0.2, -0.15) is 0 Å². The van der Waals surface area contributed by atoms with Crippen LogP contribution in [-0.4, -0.2) is 28.8 Å². The molecule has 1 aliphatic carbocycles. The van der Waals surface area contributed by atoms with Crippen LogP contribution in [0.3, 0.4) is 0 Å². The first kappa shape index (κ1) is 26.3. The molecule has 0 saturated carbocycles. The number of fused-ring (bicyclic) bond motifs is 3. The van der Waals surface area contributed by atoms with Gasteiger partial charge in [0, 0.05) is 5.75 Å². The largest absolute Gasteiger partial charge is 0.330 e. The molecule has 0 saturated heterocycles. The number of aryl methyl sites for hydroxylation is 1. The number of thioether (sulfide) groups is 1. The summed E-state index contributed by atoms with van der Waals surface area (Å²) in [6, 6.07) is 16.7. The highest BCUT2D eigenvalue weighted by molar-refractivity contribution is 8.01. The van der Waals surface area contributed by atoms with E-state index in [-0.39, 0.29) is 0 Å². The monoisotopic (exact) mass is 493 g/mol. The number of aromatic nitrogens is 2. The Hall–Kier alpha value is -2.28. The Kier molecular flexibility index (Phi) is 10.1. The molecule has 0 amide bonds. The molecule has 1 heterocycles. The van der Waals surface area contributed by atoms with E-state index in [1.165, 1.54) is 34.1 Å². The van der Waals surface area contributed by atoms with Crippen molar-refractivity contribution in [3.63, 3.8) is 0 Å². The van der Waals surface area contributed by atoms with Gasteiger partial charge >= 0.3 is 0 Å². The average Bonchev–Trinajstić information content (AvgIpc) is 3.41. The van der Waals surface area contributed by atoms with Gasteiger partial charge in [0.05, 0.1) is 5.41 Å². The van der Waals surface area contributed by atoms with Crippen LogP contribution in [0.2, 0.25) is 0 Å². The van der Waals surface area contributed by atoms with Crippen LogP contribution in [-0.2, 0) is 10.2 Å². The van der Waals surface area contributed by atoms with E-state index in [2.05, 4.69) is 59.6 Å². The fourth-order valence-corrected chi connectivity index (χ4v) is 6.25. The number of rotatable bonds is 10. The summed E-state index contributed by atoms with van der Waals surface area (Å²) in [7, 11) is 0. The van der Waals surface area contributed by atoms with Crippen molar-refractivity contribution < 1.29 is 4.79 Å². The number of carbonyl (C=O) groups excluding carboxylic acids is 1. The summed E-state index contributed by atoms with van der Waals surface area (Å²) in [4.78, 5) is 12.3. The minimum atomic E-state index is -0.489. The number of unbranched alkanes of at least 4 members (excludes halogenated alkanes) is 2. The second kappa shape index (κ2) is 13.0. The molecule has 6 heteroatoms. The first-order chi connectivity index (χ1) is 16.6. The van der Waals surface area contributed by atoms with Gasteiger partial charge in [-0.15, -0.1) is 10.2 Å². The predicted molar refractivity (Wildman–Crippen MR) is 146 cm³/mol. The van der Waals surface area contributed by atoms with Crippen LogP contribution in [0.5, 0.6) is 0 Å². The van der Waals surface area contributed by atoms with Gasteiger partial charge in [-0.1, -0.05) is 96.1 Å². The minimum Gasteiger partial charge on any atom is -0.330 e. The molecule has 3 aromatic rings. The second-order valence-electron chi connectivity index (χ2n) is 8.60. The molecule has 4 rings (SSSR count). The molecule has 1 aliphatic rings. The molecule has 0 atom stereocenters. The normalized spacial score (nSPS) is 13.6. The summed E-state index contributed by atoms with van der Waals surface area (Å²) in [6.07, 6.45) is 8.45. The van der Waals surface area contributed by atoms with Crippen molar-refractivity contribution in [3.8, 4) is 11.1 Å². The van der Waals surface area contributed by atoms with Gasteiger partial charge < -0.3 is 10.5 Å². The van der Waals surface area contributed by atoms with Crippen molar-refractivity contribution in [1.82, 2.24) is 10.2 Å². The van der Waals surface area contributed by atoms with Gasteiger partial charge in [-0.3, -0.25) is 0 Å². The Morgan fingerprint density at radius 2 is 1.68 bits per heavy atom. The lowest BCUT2D eigenvalue weighted by molar-refractivity contribution is -0.111. The van der Waals surface area contributed by atoms with Crippen molar-refractivity contribution in [2.45, 2.75) is 62.6 Å². The SMILES string of the molecule is C/C=C(\C)CCN.Cc1nnc(SCCCCCC2(C=O)c3ccccc3-c3ccccc32)s1. The number of carbonyl (C=O) groups is 1. The number of hydrogen-bond donors (Lipinski definition) is 1. The Balaban J connectivity index is 0.000000406. The minimum absolute atomic E-state index is 0.489. The first-order valence-electron chi connectivity index (χ1n) is 12.0. The Morgan fingerprint density at radius 3 is 2.18 bits per heavy atom. The third-order valence-electron chi connectivity index (χ3n) is 6.29. The lowest BCUT2D eigenvalue weighted by Gasteiger charge is -2.25. The van der Waals surface area contributed by atoms with Gasteiger partial charge in [0.1, 0.15) is 11.3 Å². The van der Waals surface area contributed by atoms with Crippen molar-refractivity contribution in [3.05, 3.63) is 76.3 Å². The molecule has 0 bridgehead atoms. The van der Waals surface area contributed by atoms with E-state index >= 15 is 0 Å². The van der Waals surface area contributed by atoms with Crippen molar-refractivity contribution in [1.29, 1.82) is 0 Å². The zero-order chi connectivity index (χ0) is 24.4. The quantitative estimate of drug-likeness (QED) is 0.143. The Morgan fingerprint density at radius 1 is 1.03 bits per heavy atom. The van der Waals surface area contributed by atoms with Gasteiger partial charge in [0.2, 0.25) is 0 Å². The number of nitrogens with two attached hydrogens (primary N) is 1. The predicted octanol–water partition coefficient (Wildman–Crippen LogP) is 6.97. The Labute approximate surface area is 212 Å². The number of hydrogen-bond acceptors (Lipinski definition) is 6. The lowest BCUT2D eigenvalue weighted by atomic mass is 9.75. The molecule has 0 radical (unpaired) electrons. The molecule has 2 N–H and O–H groups in total. The van der Waals surface area contributed by atoms with E-state index in [1.54, 1.807) is 23.1 Å². The summed E-state index contributed by atoms with van der Waals surface area (Å²) in [5.74, 6) is 1.05. The maximum absolute atomic E-state index is 12.3. The van der Waals surface area contributed by atoms with Gasteiger partial charge in [0.25, 0.3) is 0 Å². The first-order valence-corrected chi connectivity index (χ1v) is 13.8. The van der Waals surface area contributed by atoms with Gasteiger partial charge in [0.15, 0.2) is 4.34 Å². The van der Waals surface area contributed by atoms with Crippen molar-refractivity contribution >= 4 is 29.4 Å². The lowest BCUT2D eigenvalue weighted by Crippen LogP contribution is -2.27. The van der Waals surface area contributed by atoms with Crippen molar-refractivity contribution in [2.75, 3.05) is 12.3 Å². The summed E-state index contributed by atoms with van der Waals surface area (Å²) >= 11 is 3.44. The maximum atomic E-state index is 12.3. The molecule has 2 aromatic carbocycles. The van der Waals surface area contributed by atoms with Crippen LogP contribution in [0.15, 0.2) is 64.5 Å². The van der Waals surface area contributed by atoms with Crippen LogP contribution in [0, 0.1) is 6.92 Å². The molecule has 0 aliphatic heterocycles. The maximum Gasteiger partial charge on any atom is 0.174 e. The highest BCUT2D eigenvalue weighted by Gasteiger charge is 2.42. The van der Waals surface area contributed by atoms with E-state index in [9.17, 15) is 4.79 Å². The van der Waals surface area contributed by atoms with E-state index in [4.69, 9.17) is 5.73 Å². The van der Waals surface area contributed by atoms with E-state index in [1.807, 2.05) is 26.0 Å². The molecule has 0 spiro atoms. The zero-order valence-corrected chi connectivity index (χ0v) is 22.1. The highest BCUT2D eigenvalue weighted by Crippen LogP contribution is 2.50. The number of benzene rings is 2. The Bertz CT molecular complexity index is 1060. The molecule has 4 nitrogen and oxygen atoms in total. The van der Waals surface area contributed by atoms with Crippen molar-refractivity contribution in [2.24, 2.45) is 5.73 Å². The smallest absolute Gasteiger partial charge is 0.174 e. The van der Waals surface area contributed by atoms with Crippen LogP contribution in [0.4, 0.5) is 0 Å². The fraction of sp³-hybridized carbons (Fsp3) is 0.393. The third kappa shape index (κ3) is 6.23. The second-order valence-corrected chi connectivity index (χ2v) is 11.1. The van der Waals surface area contributed by atoms with E-state index < -0.39 is 5.41 Å². The van der Waals surface area contributed by atoms with Gasteiger partial charge in [-0.05, 0) is 68.8 Å². The fourth-order valence-electron chi connectivity index (χ4n) is 4.37. The molecule has 0 fully saturated rings. The standard InChI is InChI=1S/C22H22N2OS2.C6H13N/c1-16-23-24-21(27-16)26-14-8-2-7-13-22(15-25)19-11-5-3-9-17(19)18-10-4-6-12-20(18)22;1-3-6(2)4-5-7/h3-6,9-12,15H,2,7-8,13-14H2,1H3;3H,4-5,7H2,1-2H3/b;6-3+. The van der Waals surface area contributed by atoms with E-state index in [0.29, 0.717) is 0 Å².